The Balaban J connectivity index is 4.03. The molecule has 3 heteroatoms. The molecule has 0 heterocycles. The van der Waals surface area contributed by atoms with Crippen LogP contribution in [-0.4, -0.2) is 30.6 Å². The van der Waals surface area contributed by atoms with E-state index in [0.717, 1.165) is 13.0 Å². The van der Waals surface area contributed by atoms with Crippen LogP contribution >= 0.6 is 0 Å². The van der Waals surface area contributed by atoms with Crippen LogP contribution in [0, 0.1) is 0 Å². The van der Waals surface area contributed by atoms with Crippen LogP contribution < -0.4 is 5.32 Å². The Hall–Kier alpha value is -0.730. The molecule has 0 aliphatic carbocycles. The lowest BCUT2D eigenvalue weighted by molar-refractivity contribution is 0.182. The third-order valence-corrected chi connectivity index (χ3v) is 1.90. The summed E-state index contributed by atoms with van der Waals surface area (Å²) < 4.78 is 0. The fraction of sp³-hybridized carbons (Fsp3) is 0.875. The van der Waals surface area contributed by atoms with Gasteiger partial charge in [-0.05, 0) is 20.3 Å². The van der Waals surface area contributed by atoms with Gasteiger partial charge >= 0.3 is 6.03 Å². The summed E-state index contributed by atoms with van der Waals surface area (Å²) in [6.45, 7) is 6.81. The fourth-order valence-corrected chi connectivity index (χ4v) is 0.984. The smallest absolute Gasteiger partial charge is 0.321 e. The van der Waals surface area contributed by atoms with Crippen molar-refractivity contribution < 1.29 is 4.79 Å². The number of hydrogen-bond acceptors (Lipinski definition) is 1. The third-order valence-electron chi connectivity index (χ3n) is 1.90. The monoisotopic (exact) mass is 157 g/mol. The van der Waals surface area contributed by atoms with Crippen molar-refractivity contribution in [1.82, 2.24) is 10.2 Å². The van der Waals surface area contributed by atoms with E-state index in [4.69, 9.17) is 0 Å². The molecule has 0 bridgehead atoms. The molecule has 11 heavy (non-hydrogen) atoms. The SMILES string of the molecule is CCC(C)N(CC)C(=O)[N]C. The van der Waals surface area contributed by atoms with E-state index >= 15 is 0 Å². The first-order chi connectivity index (χ1) is 5.17. The summed E-state index contributed by atoms with van der Waals surface area (Å²) in [5.41, 5.74) is 0. The van der Waals surface area contributed by atoms with Gasteiger partial charge in [-0.25, -0.2) is 10.1 Å². The molecule has 0 aromatic heterocycles. The van der Waals surface area contributed by atoms with E-state index in [0.29, 0.717) is 6.04 Å². The Labute approximate surface area is 68.8 Å². The first kappa shape index (κ1) is 10.3. The molecular weight excluding hydrogens is 140 g/mol. The zero-order chi connectivity index (χ0) is 8.85. The highest BCUT2D eigenvalue weighted by atomic mass is 16.2. The van der Waals surface area contributed by atoms with Crippen LogP contribution in [0.5, 0.6) is 0 Å². The zero-order valence-electron chi connectivity index (χ0n) is 7.79. The van der Waals surface area contributed by atoms with Crippen LogP contribution in [0.2, 0.25) is 0 Å². The Morgan fingerprint density at radius 3 is 2.36 bits per heavy atom. The Bertz CT molecular complexity index is 125. The van der Waals surface area contributed by atoms with Gasteiger partial charge in [-0.3, -0.25) is 0 Å². The second-order valence-electron chi connectivity index (χ2n) is 2.55. The van der Waals surface area contributed by atoms with Crippen LogP contribution in [0.3, 0.4) is 0 Å². The molecule has 0 rings (SSSR count). The van der Waals surface area contributed by atoms with Gasteiger partial charge in [0.2, 0.25) is 0 Å². The molecular formula is C8H17N2O. The lowest BCUT2D eigenvalue weighted by Crippen LogP contribution is -2.40. The van der Waals surface area contributed by atoms with Crippen molar-refractivity contribution in [3.05, 3.63) is 0 Å². The summed E-state index contributed by atoms with van der Waals surface area (Å²) >= 11 is 0. The standard InChI is InChI=1S/C8H17N2O/c1-5-7(3)10(6-2)8(11)9-4/h7H,5-6H2,1-4H3. The first-order valence-electron chi connectivity index (χ1n) is 4.07. The molecule has 65 valence electrons. The maximum Gasteiger partial charge on any atom is 0.338 e. The number of carbonyl (C=O) groups excluding carboxylic acids is 1. The van der Waals surface area contributed by atoms with Gasteiger partial charge in [0, 0.05) is 19.6 Å². The summed E-state index contributed by atoms with van der Waals surface area (Å²) in [6, 6.07) is 0.193. The number of carbonyl (C=O) groups is 1. The highest BCUT2D eigenvalue weighted by Gasteiger charge is 2.15. The van der Waals surface area contributed by atoms with Crippen LogP contribution in [0.1, 0.15) is 27.2 Å². The van der Waals surface area contributed by atoms with E-state index in [1.54, 1.807) is 4.90 Å². The van der Waals surface area contributed by atoms with Gasteiger partial charge in [-0.2, -0.15) is 0 Å². The van der Waals surface area contributed by atoms with E-state index in [1.807, 2.05) is 13.8 Å². The Morgan fingerprint density at radius 2 is 2.09 bits per heavy atom. The molecule has 0 aliphatic heterocycles. The minimum atomic E-state index is -0.109. The molecule has 0 aromatic carbocycles. The van der Waals surface area contributed by atoms with Gasteiger partial charge in [0.05, 0.1) is 0 Å². The molecule has 0 aliphatic rings. The summed E-state index contributed by atoms with van der Waals surface area (Å²) in [4.78, 5) is 12.9. The van der Waals surface area contributed by atoms with E-state index in [1.165, 1.54) is 7.05 Å². The maximum absolute atomic E-state index is 11.1. The Morgan fingerprint density at radius 1 is 1.55 bits per heavy atom. The third kappa shape index (κ3) is 2.78. The minimum absolute atomic E-state index is 0.109. The molecule has 0 fully saturated rings. The van der Waals surface area contributed by atoms with Gasteiger partial charge in [0.1, 0.15) is 0 Å². The number of nitrogens with zero attached hydrogens (tertiary/aromatic N) is 2. The second-order valence-corrected chi connectivity index (χ2v) is 2.55. The van der Waals surface area contributed by atoms with Gasteiger partial charge < -0.3 is 4.90 Å². The Kier molecular flexibility index (Phi) is 4.66. The lowest BCUT2D eigenvalue weighted by atomic mass is 10.2. The first-order valence-corrected chi connectivity index (χ1v) is 4.07. The van der Waals surface area contributed by atoms with Crippen molar-refractivity contribution in [3.63, 3.8) is 0 Å². The number of amides is 2. The van der Waals surface area contributed by atoms with Crippen LogP contribution in [0.4, 0.5) is 4.79 Å². The molecule has 0 N–H and O–H groups in total. The molecule has 0 aromatic rings. The summed E-state index contributed by atoms with van der Waals surface area (Å²) in [5, 5.41) is 3.62. The van der Waals surface area contributed by atoms with Crippen molar-refractivity contribution in [2.45, 2.75) is 33.2 Å². The summed E-state index contributed by atoms with van der Waals surface area (Å²) in [7, 11) is 1.54. The highest BCUT2D eigenvalue weighted by molar-refractivity contribution is 5.73. The molecule has 2 amide bonds. The summed E-state index contributed by atoms with van der Waals surface area (Å²) in [6.07, 6.45) is 0.981. The van der Waals surface area contributed by atoms with Crippen LogP contribution in [-0.2, 0) is 0 Å². The largest absolute Gasteiger partial charge is 0.338 e. The topological polar surface area (TPSA) is 34.4 Å². The van der Waals surface area contributed by atoms with Gasteiger partial charge in [0.15, 0.2) is 0 Å². The van der Waals surface area contributed by atoms with E-state index < -0.39 is 0 Å². The molecule has 0 saturated heterocycles. The quantitative estimate of drug-likeness (QED) is 0.610. The predicted molar refractivity (Wildman–Crippen MR) is 45.6 cm³/mol. The molecule has 1 unspecified atom stereocenters. The zero-order valence-corrected chi connectivity index (χ0v) is 7.79. The maximum atomic E-state index is 11.1. The minimum Gasteiger partial charge on any atom is -0.321 e. The van der Waals surface area contributed by atoms with Crippen LogP contribution in [0.15, 0.2) is 0 Å². The fourth-order valence-electron chi connectivity index (χ4n) is 0.984. The number of urea groups is 1. The van der Waals surface area contributed by atoms with E-state index in [9.17, 15) is 4.79 Å². The molecule has 0 spiro atoms. The van der Waals surface area contributed by atoms with Crippen molar-refractivity contribution in [2.75, 3.05) is 13.6 Å². The number of hydrogen-bond donors (Lipinski definition) is 0. The van der Waals surface area contributed by atoms with Crippen molar-refractivity contribution in [2.24, 2.45) is 0 Å². The average molecular weight is 157 g/mol. The second kappa shape index (κ2) is 4.99. The van der Waals surface area contributed by atoms with E-state index in [-0.39, 0.29) is 6.03 Å². The molecule has 1 radical (unpaired) electrons. The normalized spacial score (nSPS) is 12.4. The van der Waals surface area contributed by atoms with Crippen molar-refractivity contribution in [1.29, 1.82) is 0 Å². The molecule has 0 saturated carbocycles. The van der Waals surface area contributed by atoms with Crippen LogP contribution in [0.25, 0.3) is 0 Å². The van der Waals surface area contributed by atoms with E-state index in [2.05, 4.69) is 12.2 Å². The summed E-state index contributed by atoms with van der Waals surface area (Å²) in [5.74, 6) is 0. The van der Waals surface area contributed by atoms with Crippen molar-refractivity contribution >= 4 is 6.03 Å². The number of rotatable bonds is 3. The van der Waals surface area contributed by atoms with Gasteiger partial charge in [-0.15, -0.1) is 0 Å². The highest BCUT2D eigenvalue weighted by Crippen LogP contribution is 2.02. The van der Waals surface area contributed by atoms with Gasteiger partial charge in [0.25, 0.3) is 0 Å². The molecule has 3 nitrogen and oxygen atoms in total. The lowest BCUT2D eigenvalue weighted by Gasteiger charge is -2.25. The average Bonchev–Trinajstić information content (AvgIpc) is 2.05. The molecule has 1 atom stereocenters. The van der Waals surface area contributed by atoms with Crippen molar-refractivity contribution in [3.8, 4) is 0 Å². The predicted octanol–water partition coefficient (Wildman–Crippen LogP) is 1.46. The van der Waals surface area contributed by atoms with Gasteiger partial charge in [-0.1, -0.05) is 6.92 Å².